The maximum atomic E-state index is 14.9. The first-order chi connectivity index (χ1) is 26.4. The van der Waals surface area contributed by atoms with Gasteiger partial charge >= 0.3 is 12.1 Å². The van der Waals surface area contributed by atoms with Gasteiger partial charge in [-0.2, -0.15) is 13.2 Å². The Morgan fingerprint density at radius 3 is 2.35 bits per heavy atom. The van der Waals surface area contributed by atoms with E-state index < -0.39 is 40.3 Å². The van der Waals surface area contributed by atoms with E-state index in [9.17, 15) is 32.7 Å². The SMILES string of the molecule is O=C(NC1(C(=O)O)C2CCC3CC(C2)CC1C3)c1cnc(N2CC3(CCOCC3)c3cc(C(=O)N4CCN(c5ncccn5)CC4)ccc32)nc1C(F)(F)F. The first-order valence-corrected chi connectivity index (χ1v) is 19.3. The van der Waals surface area contributed by atoms with E-state index in [1.807, 2.05) is 11.0 Å². The van der Waals surface area contributed by atoms with Crippen molar-refractivity contribution in [1.82, 2.24) is 30.2 Å². The Balaban J connectivity index is 1.01. The second-order valence-corrected chi connectivity index (χ2v) is 16.2. The molecule has 2 saturated heterocycles. The number of carbonyl (C=O) groups excluding carboxylic acids is 2. The maximum Gasteiger partial charge on any atom is 0.434 e. The molecule has 55 heavy (non-hydrogen) atoms. The van der Waals surface area contributed by atoms with Gasteiger partial charge in [0.25, 0.3) is 11.8 Å². The lowest BCUT2D eigenvalue weighted by molar-refractivity contribution is -0.154. The molecule has 16 heteroatoms. The molecule has 3 aliphatic heterocycles. The number of hydrogen-bond donors (Lipinski definition) is 2. The van der Waals surface area contributed by atoms with Gasteiger partial charge < -0.3 is 29.9 Å². The molecule has 4 bridgehead atoms. The quantitative estimate of drug-likeness (QED) is 0.355. The molecule has 5 atom stereocenters. The summed E-state index contributed by atoms with van der Waals surface area (Å²) in [6, 6.07) is 7.02. The number of nitrogens with one attached hydrogen (secondary N) is 1. The predicted octanol–water partition coefficient (Wildman–Crippen LogP) is 4.85. The van der Waals surface area contributed by atoms with Gasteiger partial charge in [0.1, 0.15) is 5.54 Å². The van der Waals surface area contributed by atoms with Gasteiger partial charge in [-0.3, -0.25) is 9.59 Å². The van der Waals surface area contributed by atoms with Crippen LogP contribution in [0.25, 0.3) is 0 Å². The number of anilines is 3. The van der Waals surface area contributed by atoms with Crippen molar-refractivity contribution in [1.29, 1.82) is 0 Å². The smallest absolute Gasteiger partial charge is 0.434 e. The zero-order valence-electron chi connectivity index (χ0n) is 30.3. The molecule has 13 nitrogen and oxygen atoms in total. The normalized spacial score (nSPS) is 28.2. The van der Waals surface area contributed by atoms with Gasteiger partial charge in [-0.05, 0) is 98.4 Å². The Labute approximate surface area is 315 Å². The molecule has 6 fully saturated rings. The molecule has 1 aromatic carbocycles. The second-order valence-electron chi connectivity index (χ2n) is 16.2. The molecule has 7 aliphatic rings. The molecule has 4 saturated carbocycles. The average Bonchev–Trinajstić information content (AvgIpc) is 3.34. The fourth-order valence-corrected chi connectivity index (χ4v) is 10.7. The van der Waals surface area contributed by atoms with E-state index in [0.29, 0.717) is 107 Å². The Hall–Kier alpha value is -4.86. The van der Waals surface area contributed by atoms with E-state index in [4.69, 9.17) is 4.74 Å². The lowest BCUT2D eigenvalue weighted by Crippen LogP contribution is -2.66. The number of aliphatic carboxylic acids is 1. The minimum absolute atomic E-state index is 0.142. The summed E-state index contributed by atoms with van der Waals surface area (Å²) in [7, 11) is 0. The number of hydrogen-bond acceptors (Lipinski definition) is 10. The monoisotopic (exact) mass is 760 g/mol. The minimum atomic E-state index is -5.03. The van der Waals surface area contributed by atoms with Crippen molar-refractivity contribution in [2.24, 2.45) is 23.7 Å². The summed E-state index contributed by atoms with van der Waals surface area (Å²) in [5.41, 5.74) is -2.51. The number of rotatable bonds is 6. The number of carboxylic acid groups (broad SMARTS) is 1. The Morgan fingerprint density at radius 1 is 0.891 bits per heavy atom. The molecule has 5 heterocycles. The number of benzene rings is 1. The number of amides is 2. The van der Waals surface area contributed by atoms with E-state index >= 15 is 0 Å². The van der Waals surface area contributed by atoms with Crippen molar-refractivity contribution in [3.63, 3.8) is 0 Å². The zero-order valence-corrected chi connectivity index (χ0v) is 30.3. The van der Waals surface area contributed by atoms with Gasteiger partial charge in [-0.1, -0.05) is 6.42 Å². The van der Waals surface area contributed by atoms with Crippen LogP contribution in [-0.4, -0.2) is 99.2 Å². The highest BCUT2D eigenvalue weighted by atomic mass is 19.4. The first kappa shape index (κ1) is 35.8. The number of fused-ring (bicyclic) bond motifs is 3. The summed E-state index contributed by atoms with van der Waals surface area (Å²) < 4.78 is 50.3. The Kier molecular flexibility index (Phi) is 8.74. The molecule has 0 radical (unpaired) electrons. The molecular formula is C39H43F3N8O5. The van der Waals surface area contributed by atoms with Crippen molar-refractivity contribution < 1.29 is 37.4 Å². The Bertz CT molecular complexity index is 1990. The molecule has 1 spiro atoms. The van der Waals surface area contributed by atoms with Crippen molar-refractivity contribution in [2.45, 2.75) is 68.5 Å². The van der Waals surface area contributed by atoms with E-state index in [-0.39, 0.29) is 30.2 Å². The van der Waals surface area contributed by atoms with Crippen LogP contribution in [0.15, 0.2) is 42.9 Å². The van der Waals surface area contributed by atoms with Gasteiger partial charge in [0.15, 0.2) is 5.69 Å². The van der Waals surface area contributed by atoms with Crippen molar-refractivity contribution >= 4 is 35.4 Å². The summed E-state index contributed by atoms with van der Waals surface area (Å²) in [5.74, 6) is -2.06. The van der Waals surface area contributed by atoms with Crippen molar-refractivity contribution in [3.05, 3.63) is 65.2 Å². The van der Waals surface area contributed by atoms with Crippen LogP contribution in [0.2, 0.25) is 0 Å². The number of piperazine rings is 1. The number of carbonyl (C=O) groups is 3. The highest BCUT2D eigenvalue weighted by Crippen LogP contribution is 2.56. The first-order valence-electron chi connectivity index (χ1n) is 19.3. The van der Waals surface area contributed by atoms with Crippen LogP contribution in [0.5, 0.6) is 0 Å². The number of alkyl halides is 3. The van der Waals surface area contributed by atoms with Gasteiger partial charge in [0.05, 0.1) is 5.56 Å². The van der Waals surface area contributed by atoms with Gasteiger partial charge in [0.2, 0.25) is 11.9 Å². The fraction of sp³-hybridized carbons (Fsp3) is 0.564. The fourth-order valence-electron chi connectivity index (χ4n) is 10.7. The number of nitrogens with zero attached hydrogens (tertiary/aromatic N) is 7. The van der Waals surface area contributed by atoms with Crippen LogP contribution < -0.4 is 15.1 Å². The van der Waals surface area contributed by atoms with Crippen molar-refractivity contribution in [3.8, 4) is 0 Å². The molecule has 2 N–H and O–H groups in total. The summed E-state index contributed by atoms with van der Waals surface area (Å²) >= 11 is 0. The second kappa shape index (κ2) is 13.4. The lowest BCUT2D eigenvalue weighted by atomic mass is 9.58. The van der Waals surface area contributed by atoms with Gasteiger partial charge in [-0.25, -0.2) is 24.7 Å². The third kappa shape index (κ3) is 6.07. The molecule has 2 aromatic heterocycles. The minimum Gasteiger partial charge on any atom is -0.479 e. The van der Waals surface area contributed by atoms with Gasteiger partial charge in [-0.15, -0.1) is 0 Å². The molecule has 5 unspecified atom stereocenters. The molecule has 4 aliphatic carbocycles. The van der Waals surface area contributed by atoms with Crippen molar-refractivity contribution in [2.75, 3.05) is 55.7 Å². The number of carboxylic acids is 1. The number of halogens is 3. The van der Waals surface area contributed by atoms with E-state index in [1.54, 1.807) is 40.4 Å². The molecule has 290 valence electrons. The highest BCUT2D eigenvalue weighted by Gasteiger charge is 2.60. The van der Waals surface area contributed by atoms with Crippen LogP contribution in [-0.2, 0) is 21.1 Å². The molecule has 10 rings (SSSR count). The predicted molar refractivity (Wildman–Crippen MR) is 192 cm³/mol. The van der Waals surface area contributed by atoms with E-state index in [1.165, 1.54) is 0 Å². The third-order valence-electron chi connectivity index (χ3n) is 13.4. The summed E-state index contributed by atoms with van der Waals surface area (Å²) in [6.07, 6.45) is 4.79. The van der Waals surface area contributed by atoms with Crippen LogP contribution in [0, 0.1) is 23.7 Å². The maximum absolute atomic E-state index is 14.9. The summed E-state index contributed by atoms with van der Waals surface area (Å²) in [5, 5.41) is 13.3. The number of ether oxygens (including phenoxy) is 1. The average molecular weight is 761 g/mol. The zero-order chi connectivity index (χ0) is 38.1. The standard InChI is InChI=1S/C39H43F3N8O5/c40-39(41,42)31-28(32(51)47-38(34(53)54)26-4-2-23-16-24(18-26)19-27(38)17-23)21-45-36(46-31)50-22-37(6-14-55-15-7-37)29-20-25(3-5-30(29)50)33(52)48-10-12-49(13-11-48)35-43-8-1-9-44-35/h1,3,5,8-9,20-21,23-24,26-27H,2,4,6-7,10-19,22H2,(H,47,51)(H,53,54). The Morgan fingerprint density at radius 2 is 1.62 bits per heavy atom. The van der Waals surface area contributed by atoms with Crippen LogP contribution >= 0.6 is 0 Å². The molecule has 3 aromatic rings. The summed E-state index contributed by atoms with van der Waals surface area (Å²) in [6.45, 7) is 3.24. The summed E-state index contributed by atoms with van der Waals surface area (Å²) in [4.78, 5) is 63.2. The third-order valence-corrected chi connectivity index (χ3v) is 13.4. The topological polar surface area (TPSA) is 154 Å². The molecular weight excluding hydrogens is 717 g/mol. The van der Waals surface area contributed by atoms with E-state index in [2.05, 4.69) is 25.3 Å². The largest absolute Gasteiger partial charge is 0.479 e. The number of aromatic nitrogens is 4. The van der Waals surface area contributed by atoms with Gasteiger partial charge in [0, 0.05) is 81.2 Å². The molecule has 2 amide bonds. The van der Waals surface area contributed by atoms with Crippen LogP contribution in [0.3, 0.4) is 0 Å². The van der Waals surface area contributed by atoms with Crippen LogP contribution in [0.1, 0.15) is 83.3 Å². The highest BCUT2D eigenvalue weighted by molar-refractivity contribution is 5.99. The van der Waals surface area contributed by atoms with E-state index in [0.717, 1.165) is 24.6 Å². The lowest BCUT2D eigenvalue weighted by Gasteiger charge is -2.50. The van der Waals surface area contributed by atoms with Crippen LogP contribution in [0.4, 0.5) is 30.8 Å².